The lowest BCUT2D eigenvalue weighted by Crippen LogP contribution is -2.26. The molecule has 4 unspecified atom stereocenters. The number of hydrogen-bond acceptors (Lipinski definition) is 3. The zero-order valence-corrected chi connectivity index (χ0v) is 13.0. The van der Waals surface area contributed by atoms with E-state index in [1.165, 1.54) is 0 Å². The summed E-state index contributed by atoms with van der Waals surface area (Å²) in [6.45, 7) is 1.74. The van der Waals surface area contributed by atoms with Crippen molar-refractivity contribution in [3.05, 3.63) is 0 Å². The van der Waals surface area contributed by atoms with E-state index in [0.717, 1.165) is 25.7 Å². The Labute approximate surface area is 119 Å². The van der Waals surface area contributed by atoms with Crippen molar-refractivity contribution in [3.63, 3.8) is 0 Å². The third-order valence-corrected chi connectivity index (χ3v) is 6.14. The molecule has 0 saturated heterocycles. The topological polar surface area (TPSA) is 35.5 Å². The van der Waals surface area contributed by atoms with E-state index in [-0.39, 0.29) is 18.4 Å². The van der Waals surface area contributed by atoms with Gasteiger partial charge < -0.3 is 9.05 Å². The molecule has 0 spiro atoms. The summed E-state index contributed by atoms with van der Waals surface area (Å²) in [5.74, 6) is 0. The third kappa shape index (κ3) is 4.78. The largest absolute Gasteiger partial charge is 0.330 e. The van der Waals surface area contributed by atoms with Gasteiger partial charge in [0.1, 0.15) is 12.3 Å². The normalized spacial score (nSPS) is 38.4. The molecule has 0 bridgehead atoms. The van der Waals surface area contributed by atoms with E-state index in [1.807, 2.05) is 0 Å². The van der Waals surface area contributed by atoms with Crippen LogP contribution in [0.2, 0.25) is 0 Å². The fraction of sp³-hybridized carbons (Fsp3) is 1.00. The van der Waals surface area contributed by atoms with E-state index in [0.29, 0.717) is 25.7 Å². The van der Waals surface area contributed by atoms with Crippen LogP contribution in [0.3, 0.4) is 0 Å². The van der Waals surface area contributed by atoms with Crippen LogP contribution in [-0.4, -0.2) is 30.7 Å². The van der Waals surface area contributed by atoms with Gasteiger partial charge in [-0.05, 0) is 38.5 Å². The molecule has 3 nitrogen and oxygen atoms in total. The van der Waals surface area contributed by atoms with Crippen molar-refractivity contribution in [2.24, 2.45) is 0 Å². The summed E-state index contributed by atoms with van der Waals surface area (Å²) < 4.78 is 50.6. The summed E-state index contributed by atoms with van der Waals surface area (Å²) in [6, 6.07) is 0. The Morgan fingerprint density at radius 1 is 0.950 bits per heavy atom. The Balaban J connectivity index is 1.89. The van der Waals surface area contributed by atoms with Gasteiger partial charge in [0, 0.05) is 19.0 Å². The second-order valence-electron chi connectivity index (χ2n) is 5.91. The molecule has 0 aromatic carbocycles. The van der Waals surface area contributed by atoms with E-state index in [4.69, 9.17) is 9.05 Å². The first-order valence-corrected chi connectivity index (χ1v) is 9.47. The lowest BCUT2D eigenvalue weighted by atomic mass is 9.96. The minimum absolute atomic E-state index is 0.258. The van der Waals surface area contributed by atoms with Gasteiger partial charge in [-0.3, -0.25) is 4.57 Å². The zero-order chi connectivity index (χ0) is 14.6. The number of alkyl halides is 2. The molecule has 20 heavy (non-hydrogen) atoms. The maximum atomic E-state index is 13.4. The fourth-order valence-corrected chi connectivity index (χ4v) is 4.63. The Bertz CT molecular complexity index is 325. The Morgan fingerprint density at radius 3 is 1.75 bits per heavy atom. The van der Waals surface area contributed by atoms with Crippen LogP contribution in [0.15, 0.2) is 0 Å². The van der Waals surface area contributed by atoms with E-state index >= 15 is 0 Å². The van der Waals surface area contributed by atoms with Gasteiger partial charge in [0.25, 0.3) is 0 Å². The summed E-state index contributed by atoms with van der Waals surface area (Å²) in [4.78, 5) is 0. The van der Waals surface area contributed by atoms with Crippen LogP contribution in [-0.2, 0) is 13.6 Å². The highest BCUT2D eigenvalue weighted by Gasteiger charge is 2.34. The maximum absolute atomic E-state index is 13.4. The van der Waals surface area contributed by atoms with Crippen molar-refractivity contribution in [2.45, 2.75) is 82.8 Å². The van der Waals surface area contributed by atoms with Gasteiger partial charge in [0.2, 0.25) is 0 Å². The summed E-state index contributed by atoms with van der Waals surface area (Å²) in [5, 5.41) is 0. The molecular weight excluding hydrogens is 285 g/mol. The van der Waals surface area contributed by atoms with Crippen LogP contribution in [0.1, 0.15) is 58.3 Å². The molecule has 0 aromatic rings. The predicted molar refractivity (Wildman–Crippen MR) is 74.6 cm³/mol. The van der Waals surface area contributed by atoms with Gasteiger partial charge in [-0.15, -0.1) is 0 Å². The molecule has 2 aliphatic rings. The van der Waals surface area contributed by atoms with E-state index in [9.17, 15) is 13.3 Å². The molecular formula is C14H25F2O3P. The number of hydrogen-bond donors (Lipinski definition) is 0. The minimum atomic E-state index is -3.22. The molecule has 6 heteroatoms. The van der Waals surface area contributed by atoms with Gasteiger partial charge in [-0.25, -0.2) is 8.78 Å². The van der Waals surface area contributed by atoms with Crippen LogP contribution < -0.4 is 0 Å². The first-order chi connectivity index (χ1) is 9.50. The van der Waals surface area contributed by atoms with Gasteiger partial charge in [-0.2, -0.15) is 0 Å². The van der Waals surface area contributed by atoms with Crippen LogP contribution in [0.25, 0.3) is 0 Å². The van der Waals surface area contributed by atoms with Crippen LogP contribution in [0, 0.1) is 0 Å². The highest BCUT2D eigenvalue weighted by Crippen LogP contribution is 2.53. The highest BCUT2D eigenvalue weighted by atomic mass is 31.2. The molecule has 4 atom stereocenters. The van der Waals surface area contributed by atoms with Gasteiger partial charge in [0.05, 0.1) is 12.2 Å². The molecule has 2 saturated carbocycles. The Hall–Kier alpha value is 0.01000. The number of halogens is 2. The third-order valence-electron chi connectivity index (χ3n) is 4.13. The fourth-order valence-electron chi connectivity index (χ4n) is 3.00. The van der Waals surface area contributed by atoms with E-state index in [1.54, 1.807) is 6.92 Å². The molecule has 0 N–H and O–H groups in total. The average molecular weight is 310 g/mol. The molecule has 0 heterocycles. The smallest absolute Gasteiger partial charge is 0.305 e. The second kappa shape index (κ2) is 7.33. The Morgan fingerprint density at radius 2 is 1.40 bits per heavy atom. The van der Waals surface area contributed by atoms with Crippen molar-refractivity contribution < 1.29 is 22.4 Å². The molecule has 2 aliphatic carbocycles. The van der Waals surface area contributed by atoms with Crippen LogP contribution in [0.4, 0.5) is 8.78 Å². The van der Waals surface area contributed by atoms with Crippen molar-refractivity contribution in [3.8, 4) is 0 Å². The molecule has 118 valence electrons. The first-order valence-electron chi connectivity index (χ1n) is 7.74. The van der Waals surface area contributed by atoms with E-state index < -0.39 is 19.9 Å². The minimum Gasteiger partial charge on any atom is -0.305 e. The SMILES string of the molecule is CCP(=O)(OC1CCCC(F)C1)OC1CCCC(F)C1. The van der Waals surface area contributed by atoms with Crippen molar-refractivity contribution in [1.29, 1.82) is 0 Å². The summed E-state index contributed by atoms with van der Waals surface area (Å²) in [5.41, 5.74) is 0. The highest BCUT2D eigenvalue weighted by molar-refractivity contribution is 7.53. The molecule has 2 rings (SSSR count). The zero-order valence-electron chi connectivity index (χ0n) is 12.1. The molecule has 0 aliphatic heterocycles. The van der Waals surface area contributed by atoms with Crippen LogP contribution in [0.5, 0.6) is 0 Å². The van der Waals surface area contributed by atoms with Crippen molar-refractivity contribution in [1.82, 2.24) is 0 Å². The lowest BCUT2D eigenvalue weighted by molar-refractivity contribution is 0.0481. The first kappa shape index (κ1) is 16.4. The van der Waals surface area contributed by atoms with E-state index in [2.05, 4.69) is 0 Å². The van der Waals surface area contributed by atoms with Crippen molar-refractivity contribution in [2.75, 3.05) is 6.16 Å². The summed E-state index contributed by atoms with van der Waals surface area (Å²) >= 11 is 0. The monoisotopic (exact) mass is 310 g/mol. The molecule has 0 amide bonds. The standard InChI is InChI=1S/C14H25F2O3P/c1-2-20(17,18-13-7-3-5-11(15)9-13)19-14-8-4-6-12(16)10-14/h11-14H,2-10H2,1H3. The summed E-state index contributed by atoms with van der Waals surface area (Å²) in [6.07, 6.45) is 2.54. The maximum Gasteiger partial charge on any atom is 0.330 e. The van der Waals surface area contributed by atoms with Crippen molar-refractivity contribution >= 4 is 7.60 Å². The Kier molecular flexibility index (Phi) is 6.00. The molecule has 2 fully saturated rings. The molecule has 0 radical (unpaired) electrons. The molecule has 0 aromatic heterocycles. The average Bonchev–Trinajstić information content (AvgIpc) is 2.38. The predicted octanol–water partition coefficient (Wildman–Crippen LogP) is 4.79. The van der Waals surface area contributed by atoms with Gasteiger partial charge in [0.15, 0.2) is 0 Å². The number of rotatable bonds is 5. The van der Waals surface area contributed by atoms with Gasteiger partial charge >= 0.3 is 7.60 Å². The van der Waals surface area contributed by atoms with Crippen LogP contribution >= 0.6 is 7.60 Å². The quantitative estimate of drug-likeness (QED) is 0.685. The lowest BCUT2D eigenvalue weighted by Gasteiger charge is -2.32. The summed E-state index contributed by atoms with van der Waals surface area (Å²) in [7, 11) is -3.22. The van der Waals surface area contributed by atoms with Gasteiger partial charge in [-0.1, -0.05) is 6.92 Å². The second-order valence-corrected chi connectivity index (χ2v) is 8.19.